The molecular weight excluding hydrogens is 280 g/mol. The molecule has 118 valence electrons. The van der Waals surface area contributed by atoms with Crippen LogP contribution in [0.1, 0.15) is 48.5 Å². The first-order valence-corrected chi connectivity index (χ1v) is 7.62. The highest BCUT2D eigenvalue weighted by atomic mass is 16.5. The van der Waals surface area contributed by atoms with Crippen molar-refractivity contribution in [1.29, 1.82) is 0 Å². The molecule has 0 amide bonds. The van der Waals surface area contributed by atoms with Gasteiger partial charge in [-0.3, -0.25) is 0 Å². The van der Waals surface area contributed by atoms with Gasteiger partial charge in [0.05, 0.1) is 25.4 Å². The van der Waals surface area contributed by atoms with Crippen molar-refractivity contribution in [1.82, 2.24) is 0 Å². The second-order valence-electron chi connectivity index (χ2n) is 5.57. The molecule has 1 aliphatic rings. The Morgan fingerprint density at radius 2 is 2.05 bits per heavy atom. The van der Waals surface area contributed by atoms with Gasteiger partial charge in [-0.25, -0.2) is 4.79 Å². The summed E-state index contributed by atoms with van der Waals surface area (Å²) in [6.45, 7) is 2.13. The number of methoxy groups -OCH3 is 1. The number of hydrogen-bond acceptors (Lipinski definition) is 4. The van der Waals surface area contributed by atoms with E-state index in [-0.39, 0.29) is 18.7 Å². The van der Waals surface area contributed by atoms with Crippen LogP contribution in [0.15, 0.2) is 24.3 Å². The summed E-state index contributed by atoms with van der Waals surface area (Å²) in [5.41, 5.74) is 0.0895. The molecule has 1 aromatic carbocycles. The van der Waals surface area contributed by atoms with Gasteiger partial charge >= 0.3 is 5.97 Å². The van der Waals surface area contributed by atoms with Crippen molar-refractivity contribution in [2.24, 2.45) is 0 Å². The van der Waals surface area contributed by atoms with Gasteiger partial charge in [-0.1, -0.05) is 18.8 Å². The van der Waals surface area contributed by atoms with E-state index in [1.54, 1.807) is 24.3 Å². The number of aliphatic hydroxyl groups is 1. The van der Waals surface area contributed by atoms with E-state index in [0.717, 1.165) is 18.4 Å². The summed E-state index contributed by atoms with van der Waals surface area (Å²) in [6.07, 6.45) is 4.13. The molecule has 0 aliphatic heterocycles. The van der Waals surface area contributed by atoms with E-state index in [4.69, 9.17) is 4.74 Å². The third-order valence-electron chi connectivity index (χ3n) is 3.94. The van der Waals surface area contributed by atoms with E-state index in [0.29, 0.717) is 12.0 Å². The van der Waals surface area contributed by atoms with Crippen LogP contribution in [0.3, 0.4) is 0 Å². The average molecular weight is 302 g/mol. The minimum atomic E-state index is -1.13. The van der Waals surface area contributed by atoms with Gasteiger partial charge in [-0.2, -0.15) is 0 Å². The molecule has 0 spiro atoms. The number of rotatable bonds is 5. The van der Waals surface area contributed by atoms with Crippen LogP contribution in [0.4, 0.5) is 0 Å². The SMILES string of the molecule is CCC(O)(C#Cc1ccc(C(=O)OC)cc1)COC1CCC1. The summed E-state index contributed by atoms with van der Waals surface area (Å²) >= 11 is 0. The molecule has 0 bridgehead atoms. The van der Waals surface area contributed by atoms with E-state index in [1.165, 1.54) is 13.5 Å². The molecule has 0 saturated heterocycles. The van der Waals surface area contributed by atoms with E-state index in [1.807, 2.05) is 6.92 Å². The molecule has 4 heteroatoms. The Bertz CT molecular complexity index is 563. The van der Waals surface area contributed by atoms with Crippen LogP contribution in [0.2, 0.25) is 0 Å². The summed E-state index contributed by atoms with van der Waals surface area (Å²) in [4.78, 5) is 11.4. The smallest absolute Gasteiger partial charge is 0.337 e. The molecule has 1 unspecified atom stereocenters. The largest absolute Gasteiger partial charge is 0.465 e. The number of benzene rings is 1. The molecule has 1 N–H and O–H groups in total. The van der Waals surface area contributed by atoms with Crippen LogP contribution in [-0.2, 0) is 9.47 Å². The van der Waals surface area contributed by atoms with Crippen LogP contribution in [0, 0.1) is 11.8 Å². The highest BCUT2D eigenvalue weighted by Crippen LogP contribution is 2.23. The number of ether oxygens (including phenoxy) is 2. The predicted octanol–water partition coefficient (Wildman–Crippen LogP) is 2.53. The van der Waals surface area contributed by atoms with Crippen LogP contribution in [0.5, 0.6) is 0 Å². The van der Waals surface area contributed by atoms with E-state index >= 15 is 0 Å². The lowest BCUT2D eigenvalue weighted by Crippen LogP contribution is -2.36. The number of hydrogen-bond donors (Lipinski definition) is 1. The quantitative estimate of drug-likeness (QED) is 0.671. The normalized spacial score (nSPS) is 16.9. The maximum Gasteiger partial charge on any atom is 0.337 e. The average Bonchev–Trinajstić information content (AvgIpc) is 2.51. The molecule has 1 fully saturated rings. The van der Waals surface area contributed by atoms with E-state index in [9.17, 15) is 9.90 Å². The first-order valence-electron chi connectivity index (χ1n) is 7.62. The fourth-order valence-corrected chi connectivity index (χ4v) is 2.02. The van der Waals surface area contributed by atoms with Gasteiger partial charge in [0.15, 0.2) is 0 Å². The number of carbonyl (C=O) groups excluding carboxylic acids is 1. The lowest BCUT2D eigenvalue weighted by molar-refractivity contribution is -0.0681. The summed E-state index contributed by atoms with van der Waals surface area (Å²) in [5, 5.41) is 10.5. The Morgan fingerprint density at radius 1 is 1.36 bits per heavy atom. The Hall–Kier alpha value is -1.83. The second-order valence-corrected chi connectivity index (χ2v) is 5.57. The topological polar surface area (TPSA) is 55.8 Å². The molecule has 2 rings (SSSR count). The van der Waals surface area contributed by atoms with Gasteiger partial charge in [0.1, 0.15) is 5.60 Å². The third-order valence-corrected chi connectivity index (χ3v) is 3.94. The molecule has 1 aliphatic carbocycles. The van der Waals surface area contributed by atoms with Crippen molar-refractivity contribution in [2.75, 3.05) is 13.7 Å². The van der Waals surface area contributed by atoms with Crippen LogP contribution >= 0.6 is 0 Å². The molecule has 1 atom stereocenters. The zero-order valence-electron chi connectivity index (χ0n) is 13.1. The van der Waals surface area contributed by atoms with E-state index < -0.39 is 5.60 Å². The van der Waals surface area contributed by atoms with Crippen molar-refractivity contribution in [2.45, 2.75) is 44.3 Å². The zero-order valence-corrected chi connectivity index (χ0v) is 13.1. The molecule has 1 saturated carbocycles. The summed E-state index contributed by atoms with van der Waals surface area (Å²) in [6, 6.07) is 6.79. The van der Waals surface area contributed by atoms with Gasteiger partial charge in [-0.15, -0.1) is 0 Å². The van der Waals surface area contributed by atoms with Gasteiger partial charge in [0.2, 0.25) is 0 Å². The van der Waals surface area contributed by atoms with Crippen LogP contribution in [-0.4, -0.2) is 36.5 Å². The zero-order chi connectivity index (χ0) is 16.0. The van der Waals surface area contributed by atoms with Crippen molar-refractivity contribution >= 4 is 5.97 Å². The van der Waals surface area contributed by atoms with Crippen molar-refractivity contribution in [3.05, 3.63) is 35.4 Å². The Balaban J connectivity index is 2.00. The van der Waals surface area contributed by atoms with E-state index in [2.05, 4.69) is 16.6 Å². The lowest BCUT2D eigenvalue weighted by Gasteiger charge is -2.29. The maximum atomic E-state index is 11.4. The first kappa shape index (κ1) is 16.5. The number of carbonyl (C=O) groups is 1. The van der Waals surface area contributed by atoms with Gasteiger partial charge in [-0.05, 0) is 49.9 Å². The fraction of sp³-hybridized carbons (Fsp3) is 0.500. The molecule has 0 aromatic heterocycles. The van der Waals surface area contributed by atoms with Crippen LogP contribution < -0.4 is 0 Å². The van der Waals surface area contributed by atoms with Crippen LogP contribution in [0.25, 0.3) is 0 Å². The summed E-state index contributed by atoms with van der Waals surface area (Å²) < 4.78 is 10.3. The lowest BCUT2D eigenvalue weighted by atomic mass is 9.95. The van der Waals surface area contributed by atoms with Crippen molar-refractivity contribution in [3.63, 3.8) is 0 Å². The highest BCUT2D eigenvalue weighted by Gasteiger charge is 2.26. The fourth-order valence-electron chi connectivity index (χ4n) is 2.02. The maximum absolute atomic E-state index is 11.4. The number of esters is 1. The third kappa shape index (κ3) is 4.33. The first-order chi connectivity index (χ1) is 10.6. The van der Waals surface area contributed by atoms with Crippen molar-refractivity contribution < 1.29 is 19.4 Å². The molecular formula is C18H22O4. The Morgan fingerprint density at radius 3 is 2.55 bits per heavy atom. The Labute approximate surface area is 131 Å². The predicted molar refractivity (Wildman–Crippen MR) is 83.5 cm³/mol. The Kier molecular flexibility index (Phi) is 5.59. The molecule has 22 heavy (non-hydrogen) atoms. The standard InChI is InChI=1S/C18H22O4/c1-3-18(20,13-22-16-5-4-6-16)12-11-14-7-9-15(10-8-14)17(19)21-2/h7-10,16,20H,3-6,13H2,1-2H3. The molecule has 4 nitrogen and oxygen atoms in total. The van der Waals surface area contributed by atoms with Gasteiger partial charge in [0.25, 0.3) is 0 Å². The minimum Gasteiger partial charge on any atom is -0.465 e. The van der Waals surface area contributed by atoms with Gasteiger partial charge < -0.3 is 14.6 Å². The molecule has 0 radical (unpaired) electrons. The van der Waals surface area contributed by atoms with Gasteiger partial charge in [0, 0.05) is 5.56 Å². The van der Waals surface area contributed by atoms with Crippen molar-refractivity contribution in [3.8, 4) is 11.8 Å². The monoisotopic (exact) mass is 302 g/mol. The summed E-state index contributed by atoms with van der Waals surface area (Å²) in [7, 11) is 1.35. The highest BCUT2D eigenvalue weighted by molar-refractivity contribution is 5.89. The summed E-state index contributed by atoms with van der Waals surface area (Å²) in [5.74, 6) is 5.46. The second kappa shape index (κ2) is 7.44. The molecule has 0 heterocycles. The minimum absolute atomic E-state index is 0.238. The molecule has 1 aromatic rings.